The van der Waals surface area contributed by atoms with E-state index in [9.17, 15) is 10.1 Å². The molecular weight excluding hydrogens is 232 g/mol. The summed E-state index contributed by atoms with van der Waals surface area (Å²) >= 11 is 0. The highest BCUT2D eigenvalue weighted by molar-refractivity contribution is 5.34. The Morgan fingerprint density at radius 2 is 2.33 bits per heavy atom. The number of rotatable bonds is 7. The van der Waals surface area contributed by atoms with Crippen LogP contribution in [0.2, 0.25) is 0 Å². The monoisotopic (exact) mass is 250 g/mol. The highest BCUT2D eigenvalue weighted by atomic mass is 16.6. The van der Waals surface area contributed by atoms with Crippen LogP contribution in [0.5, 0.6) is 0 Å². The number of benzene rings is 1. The first-order valence-corrected chi connectivity index (χ1v) is 6.16. The number of ether oxygens (including phenoxy) is 1. The molecule has 1 atom stereocenters. The molecule has 1 fully saturated rings. The molecule has 0 bridgehead atoms. The first kappa shape index (κ1) is 13.0. The van der Waals surface area contributed by atoms with E-state index in [2.05, 4.69) is 5.32 Å². The minimum Gasteiger partial charge on any atom is -0.383 e. The van der Waals surface area contributed by atoms with Crippen molar-refractivity contribution in [3.63, 3.8) is 0 Å². The molecule has 1 unspecified atom stereocenters. The minimum atomic E-state index is -0.364. The Bertz CT molecular complexity index is 418. The number of methoxy groups -OCH3 is 1. The lowest BCUT2D eigenvalue weighted by atomic mass is 10.1. The highest BCUT2D eigenvalue weighted by Crippen LogP contribution is 2.32. The predicted octanol–water partition coefficient (Wildman–Crippen LogP) is 2.11. The molecular formula is C13H18N2O3. The number of non-ortho nitro benzene ring substituents is 1. The van der Waals surface area contributed by atoms with Gasteiger partial charge in [-0.15, -0.1) is 0 Å². The molecule has 1 aromatic carbocycles. The predicted molar refractivity (Wildman–Crippen MR) is 68.3 cm³/mol. The van der Waals surface area contributed by atoms with Gasteiger partial charge in [0.15, 0.2) is 0 Å². The quantitative estimate of drug-likeness (QED) is 0.594. The van der Waals surface area contributed by atoms with Crippen LogP contribution in [0.3, 0.4) is 0 Å². The number of hydrogen-bond acceptors (Lipinski definition) is 4. The Morgan fingerprint density at radius 1 is 1.56 bits per heavy atom. The molecule has 0 heterocycles. The Labute approximate surface area is 106 Å². The summed E-state index contributed by atoms with van der Waals surface area (Å²) in [7, 11) is 1.70. The van der Waals surface area contributed by atoms with Gasteiger partial charge in [-0.25, -0.2) is 0 Å². The van der Waals surface area contributed by atoms with Gasteiger partial charge in [-0.2, -0.15) is 0 Å². The van der Waals surface area contributed by atoms with Gasteiger partial charge in [-0.1, -0.05) is 12.1 Å². The smallest absolute Gasteiger partial charge is 0.269 e. The van der Waals surface area contributed by atoms with Crippen molar-refractivity contribution in [2.45, 2.75) is 25.4 Å². The van der Waals surface area contributed by atoms with E-state index in [1.54, 1.807) is 19.2 Å². The van der Waals surface area contributed by atoms with Crippen LogP contribution >= 0.6 is 0 Å². The van der Waals surface area contributed by atoms with Crippen molar-refractivity contribution in [3.8, 4) is 0 Å². The lowest BCUT2D eigenvalue weighted by Crippen LogP contribution is -2.34. The van der Waals surface area contributed by atoms with Gasteiger partial charge in [0.2, 0.25) is 0 Å². The number of nitrogens with one attached hydrogen (secondary N) is 1. The fourth-order valence-electron chi connectivity index (χ4n) is 2.07. The Morgan fingerprint density at radius 3 is 2.94 bits per heavy atom. The molecule has 2 rings (SSSR count). The van der Waals surface area contributed by atoms with E-state index in [4.69, 9.17) is 4.74 Å². The van der Waals surface area contributed by atoms with Crippen LogP contribution < -0.4 is 5.32 Å². The van der Waals surface area contributed by atoms with Crippen LogP contribution in [0.1, 0.15) is 18.4 Å². The topological polar surface area (TPSA) is 64.4 Å². The highest BCUT2D eigenvalue weighted by Gasteiger charge is 2.30. The molecule has 1 aliphatic carbocycles. The normalized spacial score (nSPS) is 16.5. The minimum absolute atomic E-state index is 0.143. The molecule has 1 N–H and O–H groups in total. The van der Waals surface area contributed by atoms with Crippen molar-refractivity contribution < 1.29 is 9.66 Å². The summed E-state index contributed by atoms with van der Waals surface area (Å²) in [6.45, 7) is 1.34. The van der Waals surface area contributed by atoms with Gasteiger partial charge >= 0.3 is 0 Å². The lowest BCUT2D eigenvalue weighted by molar-refractivity contribution is -0.384. The number of nitro groups is 1. The van der Waals surface area contributed by atoms with Crippen molar-refractivity contribution in [2.24, 2.45) is 5.92 Å². The molecule has 5 heteroatoms. The SMILES string of the molecule is COCC(NCc1cccc([N+](=O)[O-])c1)C1CC1. The summed E-state index contributed by atoms with van der Waals surface area (Å²) in [5.41, 5.74) is 1.08. The molecule has 1 aliphatic rings. The molecule has 0 spiro atoms. The molecule has 0 radical (unpaired) electrons. The fourth-order valence-corrected chi connectivity index (χ4v) is 2.07. The third-order valence-electron chi connectivity index (χ3n) is 3.23. The van der Waals surface area contributed by atoms with Gasteiger partial charge in [-0.05, 0) is 24.3 Å². The Hall–Kier alpha value is -1.46. The van der Waals surface area contributed by atoms with Gasteiger partial charge in [0, 0.05) is 31.8 Å². The Kier molecular flexibility index (Phi) is 4.28. The second kappa shape index (κ2) is 5.93. The third kappa shape index (κ3) is 3.51. The largest absolute Gasteiger partial charge is 0.383 e. The van der Waals surface area contributed by atoms with Crippen LogP contribution in [0, 0.1) is 16.0 Å². The lowest BCUT2D eigenvalue weighted by Gasteiger charge is -2.17. The van der Waals surface area contributed by atoms with Crippen LogP contribution in [-0.4, -0.2) is 24.7 Å². The summed E-state index contributed by atoms with van der Waals surface area (Å²) in [6, 6.07) is 7.10. The van der Waals surface area contributed by atoms with E-state index in [-0.39, 0.29) is 10.6 Å². The Balaban J connectivity index is 1.92. The van der Waals surface area contributed by atoms with Gasteiger partial charge in [0.05, 0.1) is 11.5 Å². The number of nitrogens with zero attached hydrogens (tertiary/aromatic N) is 1. The van der Waals surface area contributed by atoms with Crippen molar-refractivity contribution in [3.05, 3.63) is 39.9 Å². The van der Waals surface area contributed by atoms with E-state index in [1.165, 1.54) is 18.9 Å². The zero-order chi connectivity index (χ0) is 13.0. The fraction of sp³-hybridized carbons (Fsp3) is 0.538. The molecule has 1 aromatic rings. The van der Waals surface area contributed by atoms with Gasteiger partial charge in [-0.3, -0.25) is 10.1 Å². The van der Waals surface area contributed by atoms with Crippen LogP contribution in [0.25, 0.3) is 0 Å². The zero-order valence-electron chi connectivity index (χ0n) is 10.5. The number of hydrogen-bond donors (Lipinski definition) is 1. The molecule has 0 amide bonds. The van der Waals surface area contributed by atoms with Crippen molar-refractivity contribution in [1.29, 1.82) is 0 Å². The van der Waals surface area contributed by atoms with Gasteiger partial charge in [0.25, 0.3) is 5.69 Å². The second-order valence-electron chi connectivity index (χ2n) is 4.71. The summed E-state index contributed by atoms with van der Waals surface area (Å²) in [6.07, 6.45) is 2.49. The van der Waals surface area contributed by atoms with Crippen LogP contribution in [0.15, 0.2) is 24.3 Å². The van der Waals surface area contributed by atoms with E-state index in [0.29, 0.717) is 25.1 Å². The van der Waals surface area contributed by atoms with E-state index in [1.807, 2.05) is 6.07 Å². The van der Waals surface area contributed by atoms with E-state index >= 15 is 0 Å². The maximum Gasteiger partial charge on any atom is 0.269 e. The van der Waals surface area contributed by atoms with Crippen molar-refractivity contribution in [2.75, 3.05) is 13.7 Å². The summed E-state index contributed by atoms with van der Waals surface area (Å²) < 4.78 is 5.18. The van der Waals surface area contributed by atoms with E-state index in [0.717, 1.165) is 5.56 Å². The molecule has 98 valence electrons. The summed E-state index contributed by atoms with van der Waals surface area (Å²) in [5.74, 6) is 0.698. The summed E-state index contributed by atoms with van der Waals surface area (Å²) in [5, 5.41) is 14.1. The maximum absolute atomic E-state index is 10.7. The molecule has 1 saturated carbocycles. The second-order valence-corrected chi connectivity index (χ2v) is 4.71. The van der Waals surface area contributed by atoms with Crippen LogP contribution in [0.4, 0.5) is 5.69 Å². The summed E-state index contributed by atoms with van der Waals surface area (Å²) in [4.78, 5) is 10.3. The molecule has 0 aliphatic heterocycles. The van der Waals surface area contributed by atoms with Gasteiger partial charge < -0.3 is 10.1 Å². The molecule has 0 saturated heterocycles. The first-order chi connectivity index (χ1) is 8.70. The van der Waals surface area contributed by atoms with Gasteiger partial charge in [0.1, 0.15) is 0 Å². The van der Waals surface area contributed by atoms with Crippen molar-refractivity contribution >= 4 is 5.69 Å². The zero-order valence-corrected chi connectivity index (χ0v) is 10.5. The molecule has 18 heavy (non-hydrogen) atoms. The van der Waals surface area contributed by atoms with Crippen LogP contribution in [-0.2, 0) is 11.3 Å². The molecule has 5 nitrogen and oxygen atoms in total. The maximum atomic E-state index is 10.7. The first-order valence-electron chi connectivity index (χ1n) is 6.16. The molecule has 0 aromatic heterocycles. The standard InChI is InChI=1S/C13H18N2O3/c1-18-9-13(11-5-6-11)14-8-10-3-2-4-12(7-10)15(16)17/h2-4,7,11,13-14H,5-6,8-9H2,1H3. The number of nitro benzene ring substituents is 1. The average Bonchev–Trinajstić information content (AvgIpc) is 3.19. The average molecular weight is 250 g/mol. The third-order valence-corrected chi connectivity index (χ3v) is 3.23. The van der Waals surface area contributed by atoms with E-state index < -0.39 is 0 Å². The van der Waals surface area contributed by atoms with Crippen molar-refractivity contribution in [1.82, 2.24) is 5.32 Å².